The van der Waals surface area contributed by atoms with Crippen molar-refractivity contribution in [1.82, 2.24) is 15.2 Å². The molecule has 0 unspecified atom stereocenters. The van der Waals surface area contributed by atoms with Crippen LogP contribution in [-0.4, -0.2) is 47.5 Å². The molecule has 2 aliphatic rings. The second kappa shape index (κ2) is 10.1. The molecule has 194 valence electrons. The van der Waals surface area contributed by atoms with Gasteiger partial charge in [-0.3, -0.25) is 14.6 Å². The number of carbonyl (C=O) groups excluding carboxylic acids is 2. The van der Waals surface area contributed by atoms with Gasteiger partial charge in [-0.25, -0.2) is 13.2 Å². The van der Waals surface area contributed by atoms with Crippen LogP contribution in [0.1, 0.15) is 53.0 Å². The van der Waals surface area contributed by atoms with Crippen molar-refractivity contribution in [2.75, 3.05) is 19.8 Å². The van der Waals surface area contributed by atoms with Crippen molar-refractivity contribution in [2.24, 2.45) is 11.8 Å². The molecule has 0 aliphatic carbocycles. The zero-order chi connectivity index (χ0) is 26.2. The van der Waals surface area contributed by atoms with E-state index < -0.39 is 53.6 Å². The maximum atomic E-state index is 14.7. The van der Waals surface area contributed by atoms with Gasteiger partial charge in [0.1, 0.15) is 17.6 Å². The molecule has 2 aliphatic heterocycles. The maximum absolute atomic E-state index is 14.7. The molecule has 2 saturated heterocycles. The first kappa shape index (κ1) is 25.9. The molecule has 2 aromatic rings. The third-order valence-corrected chi connectivity index (χ3v) is 6.42. The minimum atomic E-state index is -4.73. The summed E-state index contributed by atoms with van der Waals surface area (Å²) in [7, 11) is 0. The lowest BCUT2D eigenvalue weighted by molar-refractivity contribution is -0.138. The van der Waals surface area contributed by atoms with Crippen LogP contribution in [0.15, 0.2) is 36.5 Å². The number of rotatable bonds is 6. The Balaban J connectivity index is 1.57. The van der Waals surface area contributed by atoms with E-state index in [4.69, 9.17) is 4.74 Å². The Bertz CT molecular complexity index is 1140. The monoisotopic (exact) mass is 515 g/mol. The molecule has 4 rings (SSSR count). The van der Waals surface area contributed by atoms with Gasteiger partial charge in [-0.05, 0) is 36.6 Å². The van der Waals surface area contributed by atoms with Crippen molar-refractivity contribution in [1.29, 1.82) is 0 Å². The van der Waals surface area contributed by atoms with Gasteiger partial charge in [0.05, 0.1) is 24.8 Å². The van der Waals surface area contributed by atoms with Crippen LogP contribution in [-0.2, 0) is 15.7 Å². The van der Waals surface area contributed by atoms with Crippen LogP contribution in [0, 0.1) is 17.7 Å². The number of nitrogens with zero attached hydrogens (tertiary/aromatic N) is 2. The van der Waals surface area contributed by atoms with Crippen molar-refractivity contribution in [3.05, 3.63) is 64.7 Å². The van der Waals surface area contributed by atoms with Crippen molar-refractivity contribution >= 4 is 11.8 Å². The first-order valence-electron chi connectivity index (χ1n) is 11.3. The van der Waals surface area contributed by atoms with E-state index in [0.717, 1.165) is 24.4 Å². The minimum Gasteiger partial charge on any atom is -0.381 e. The minimum absolute atomic E-state index is 0.0510. The summed E-state index contributed by atoms with van der Waals surface area (Å²) in [6, 6.07) is 2.41. The fourth-order valence-corrected chi connectivity index (χ4v) is 4.49. The molecule has 0 spiro atoms. The van der Waals surface area contributed by atoms with Gasteiger partial charge in [0.2, 0.25) is 5.91 Å². The van der Waals surface area contributed by atoms with E-state index in [9.17, 15) is 35.9 Å². The molecule has 12 heteroatoms. The standard InChI is InChI=1S/C24H23F6N3O3/c1-12-6-19(33(9-12)23(35)13-4-5-31-18(7-13)21(26)27)22(34)32-20(14-10-36-11-14)16-3-2-15(8-17(16)25)24(28,29)30/h2-5,7-8,12,14,19-21H,6,9-11H2,1H3,(H,32,34)/t12-,19-,20-/m1/s1. The van der Waals surface area contributed by atoms with E-state index >= 15 is 0 Å². The molecule has 1 N–H and O–H groups in total. The Morgan fingerprint density at radius 3 is 2.47 bits per heavy atom. The second-order valence-electron chi connectivity index (χ2n) is 9.10. The molecule has 1 aromatic heterocycles. The lowest BCUT2D eigenvalue weighted by atomic mass is 9.90. The Kier molecular flexibility index (Phi) is 7.26. The zero-order valence-corrected chi connectivity index (χ0v) is 19.1. The number of halogens is 6. The Labute approximate surface area is 202 Å². The molecule has 2 amide bonds. The molecular weight excluding hydrogens is 492 g/mol. The van der Waals surface area contributed by atoms with E-state index in [2.05, 4.69) is 10.3 Å². The molecule has 0 radical (unpaired) electrons. The highest BCUT2D eigenvalue weighted by molar-refractivity contribution is 5.98. The van der Waals surface area contributed by atoms with E-state index in [1.54, 1.807) is 0 Å². The van der Waals surface area contributed by atoms with Crippen molar-refractivity contribution < 1.29 is 40.7 Å². The highest BCUT2D eigenvalue weighted by Crippen LogP contribution is 2.35. The normalized spacial score (nSPS) is 21.4. The van der Waals surface area contributed by atoms with Gasteiger partial charge in [0.25, 0.3) is 12.3 Å². The molecule has 3 heterocycles. The summed E-state index contributed by atoms with van der Waals surface area (Å²) in [6.07, 6.45) is -6.24. The SMILES string of the molecule is C[C@@H]1C[C@H](C(=O)N[C@@H](c2ccc(C(F)(F)F)cc2F)C2COC2)N(C(=O)c2ccnc(C(F)F)c2)C1. The molecular formula is C24H23F6N3O3. The molecule has 2 fully saturated rings. The van der Waals surface area contributed by atoms with Gasteiger partial charge in [0, 0.05) is 29.8 Å². The molecule has 6 nitrogen and oxygen atoms in total. The predicted molar refractivity (Wildman–Crippen MR) is 114 cm³/mol. The summed E-state index contributed by atoms with van der Waals surface area (Å²) in [6.45, 7) is 2.34. The number of ether oxygens (including phenoxy) is 1. The van der Waals surface area contributed by atoms with Crippen LogP contribution in [0.2, 0.25) is 0 Å². The van der Waals surface area contributed by atoms with E-state index in [1.807, 2.05) is 6.92 Å². The van der Waals surface area contributed by atoms with Gasteiger partial charge in [0.15, 0.2) is 0 Å². The third kappa shape index (κ3) is 5.32. The van der Waals surface area contributed by atoms with Gasteiger partial charge >= 0.3 is 6.18 Å². The van der Waals surface area contributed by atoms with Gasteiger partial charge in [-0.1, -0.05) is 13.0 Å². The molecule has 0 saturated carbocycles. The van der Waals surface area contributed by atoms with Crippen molar-refractivity contribution in [3.63, 3.8) is 0 Å². The van der Waals surface area contributed by atoms with Gasteiger partial charge in [-0.2, -0.15) is 13.2 Å². The molecule has 0 bridgehead atoms. The van der Waals surface area contributed by atoms with E-state index in [-0.39, 0.29) is 49.1 Å². The summed E-state index contributed by atoms with van der Waals surface area (Å²) < 4.78 is 84.9. The third-order valence-electron chi connectivity index (χ3n) is 6.42. The van der Waals surface area contributed by atoms with E-state index in [1.165, 1.54) is 11.0 Å². The number of nitrogens with one attached hydrogen (secondary N) is 1. The summed E-state index contributed by atoms with van der Waals surface area (Å²) in [4.78, 5) is 31.2. The van der Waals surface area contributed by atoms with Crippen molar-refractivity contribution in [2.45, 2.75) is 38.0 Å². The Morgan fingerprint density at radius 1 is 1.17 bits per heavy atom. The lowest BCUT2D eigenvalue weighted by Gasteiger charge is -2.36. The van der Waals surface area contributed by atoms with Gasteiger partial charge < -0.3 is 15.0 Å². The highest BCUT2D eigenvalue weighted by atomic mass is 19.4. The number of pyridine rings is 1. The molecule has 36 heavy (non-hydrogen) atoms. The number of benzene rings is 1. The first-order chi connectivity index (χ1) is 17.0. The van der Waals surface area contributed by atoms with E-state index in [0.29, 0.717) is 6.07 Å². The fraction of sp³-hybridized carbons (Fsp3) is 0.458. The summed E-state index contributed by atoms with van der Waals surface area (Å²) in [5.74, 6) is -2.84. The maximum Gasteiger partial charge on any atom is 0.416 e. The Morgan fingerprint density at radius 2 is 1.89 bits per heavy atom. The molecule has 1 aromatic carbocycles. The van der Waals surface area contributed by atoms with Crippen LogP contribution in [0.25, 0.3) is 0 Å². The number of amides is 2. The number of likely N-dealkylation sites (tertiary alicyclic amines) is 1. The van der Waals surface area contributed by atoms with Crippen LogP contribution < -0.4 is 5.32 Å². The number of aromatic nitrogens is 1. The zero-order valence-electron chi connectivity index (χ0n) is 19.1. The number of hydrogen-bond acceptors (Lipinski definition) is 4. The van der Waals surface area contributed by atoms with Crippen LogP contribution in [0.5, 0.6) is 0 Å². The topological polar surface area (TPSA) is 71.5 Å². The van der Waals surface area contributed by atoms with Crippen LogP contribution >= 0.6 is 0 Å². The summed E-state index contributed by atoms with van der Waals surface area (Å²) >= 11 is 0. The highest BCUT2D eigenvalue weighted by Gasteiger charge is 2.41. The van der Waals surface area contributed by atoms with Crippen LogP contribution in [0.3, 0.4) is 0 Å². The average molecular weight is 515 g/mol. The predicted octanol–water partition coefficient (Wildman–Crippen LogP) is 4.53. The quantitative estimate of drug-likeness (QED) is 0.574. The number of carbonyl (C=O) groups is 2. The largest absolute Gasteiger partial charge is 0.416 e. The lowest BCUT2D eigenvalue weighted by Crippen LogP contribution is -2.50. The van der Waals surface area contributed by atoms with Crippen molar-refractivity contribution in [3.8, 4) is 0 Å². The molecule has 3 atom stereocenters. The Hall–Kier alpha value is -3.15. The van der Waals surface area contributed by atoms with Gasteiger partial charge in [-0.15, -0.1) is 0 Å². The smallest absolute Gasteiger partial charge is 0.381 e. The summed E-state index contributed by atoms with van der Waals surface area (Å²) in [5, 5.41) is 2.70. The number of alkyl halides is 5. The van der Waals surface area contributed by atoms with Crippen LogP contribution in [0.4, 0.5) is 26.3 Å². The summed E-state index contributed by atoms with van der Waals surface area (Å²) in [5.41, 5.74) is -1.90. The second-order valence-corrected chi connectivity index (χ2v) is 9.10. The fourth-order valence-electron chi connectivity index (χ4n) is 4.49. The number of hydrogen-bond donors (Lipinski definition) is 1. The average Bonchev–Trinajstić information content (AvgIpc) is 3.18. The first-order valence-corrected chi connectivity index (χ1v) is 11.3.